The first-order chi connectivity index (χ1) is 12.8. The summed E-state index contributed by atoms with van der Waals surface area (Å²) in [6.07, 6.45) is 2.21. The molecule has 1 spiro atoms. The van der Waals surface area contributed by atoms with Gasteiger partial charge in [0, 0.05) is 23.4 Å². The van der Waals surface area contributed by atoms with Crippen LogP contribution in [0.25, 0.3) is 0 Å². The van der Waals surface area contributed by atoms with Gasteiger partial charge in [-0.25, -0.2) is 18.7 Å². The molecule has 6 nitrogen and oxygen atoms in total. The second-order valence-corrected chi connectivity index (χ2v) is 13.4. The number of rotatable bonds is 2. The van der Waals surface area contributed by atoms with Crippen molar-refractivity contribution in [2.75, 3.05) is 13.1 Å². The van der Waals surface area contributed by atoms with Crippen LogP contribution >= 0.6 is 22.9 Å². The van der Waals surface area contributed by atoms with Crippen molar-refractivity contribution >= 4 is 40.0 Å². The van der Waals surface area contributed by atoms with E-state index in [0.717, 1.165) is 25.0 Å². The van der Waals surface area contributed by atoms with Gasteiger partial charge in [0.2, 0.25) is 0 Å². The monoisotopic (exact) mass is 447 g/mol. The minimum atomic E-state index is -1.22. The SMILES string of the molecule is CC(C)(C)OC(=O)N1CCC2(CC1)Cc1sc(Cl)nc1[C@H]2N[S@](=O)C(C)(C)C. The Kier molecular flexibility index (Phi) is 5.91. The van der Waals surface area contributed by atoms with Gasteiger partial charge in [-0.2, -0.15) is 0 Å². The fourth-order valence-electron chi connectivity index (χ4n) is 3.79. The van der Waals surface area contributed by atoms with Crippen LogP contribution in [0.2, 0.25) is 4.47 Å². The molecule has 0 radical (unpaired) electrons. The standard InChI is InChI=1S/C19H30ClN3O3S2/c1-17(2,3)26-16(24)23-9-7-19(8-10-23)11-12-13(21-15(20)27-12)14(19)22-28(25)18(4,5)6/h14,22H,7-11H2,1-6H3/t14-,28-/m1/s1. The largest absolute Gasteiger partial charge is 0.444 e. The van der Waals surface area contributed by atoms with Gasteiger partial charge in [0.15, 0.2) is 4.47 Å². The van der Waals surface area contributed by atoms with Gasteiger partial charge in [-0.05, 0) is 60.8 Å². The smallest absolute Gasteiger partial charge is 0.410 e. The maximum atomic E-state index is 12.9. The Morgan fingerprint density at radius 1 is 1.29 bits per heavy atom. The fraction of sp³-hybridized carbons (Fsp3) is 0.789. The van der Waals surface area contributed by atoms with E-state index in [1.165, 1.54) is 16.2 Å². The number of halogens is 1. The molecule has 158 valence electrons. The van der Waals surface area contributed by atoms with Crippen LogP contribution in [0.1, 0.15) is 71.0 Å². The third-order valence-electron chi connectivity index (χ3n) is 5.29. The maximum Gasteiger partial charge on any atom is 0.410 e. The first-order valence-electron chi connectivity index (χ1n) is 9.62. The lowest BCUT2D eigenvalue weighted by Crippen LogP contribution is -2.50. The summed E-state index contributed by atoms with van der Waals surface area (Å²) in [6.45, 7) is 12.7. The van der Waals surface area contributed by atoms with Gasteiger partial charge >= 0.3 is 6.09 Å². The lowest BCUT2D eigenvalue weighted by molar-refractivity contribution is 0.00715. The van der Waals surface area contributed by atoms with Crippen molar-refractivity contribution in [3.63, 3.8) is 0 Å². The van der Waals surface area contributed by atoms with Crippen LogP contribution in [0.4, 0.5) is 4.79 Å². The molecule has 2 atom stereocenters. The van der Waals surface area contributed by atoms with Crippen LogP contribution in [-0.2, 0) is 22.1 Å². The number of ether oxygens (including phenoxy) is 1. The Morgan fingerprint density at radius 3 is 2.43 bits per heavy atom. The highest BCUT2D eigenvalue weighted by Gasteiger charge is 2.51. The summed E-state index contributed by atoms with van der Waals surface area (Å²) in [5.74, 6) is 0. The minimum Gasteiger partial charge on any atom is -0.444 e. The average Bonchev–Trinajstić information content (AvgIpc) is 3.00. The minimum absolute atomic E-state index is 0.0990. The molecule has 1 amide bonds. The van der Waals surface area contributed by atoms with E-state index in [-0.39, 0.29) is 22.3 Å². The Balaban J connectivity index is 1.78. The van der Waals surface area contributed by atoms with Gasteiger partial charge in [0.05, 0.1) is 27.5 Å². The molecular formula is C19H30ClN3O3S2. The molecule has 0 bridgehead atoms. The van der Waals surface area contributed by atoms with Crippen LogP contribution < -0.4 is 4.72 Å². The lowest BCUT2D eigenvalue weighted by Gasteiger charge is -2.43. The van der Waals surface area contributed by atoms with Crippen LogP contribution in [0, 0.1) is 5.41 Å². The Hall–Kier alpha value is -0.700. The van der Waals surface area contributed by atoms with Crippen molar-refractivity contribution < 1.29 is 13.7 Å². The molecule has 3 rings (SSSR count). The highest BCUT2D eigenvalue weighted by molar-refractivity contribution is 7.84. The third-order valence-corrected chi connectivity index (χ3v) is 8.03. The van der Waals surface area contributed by atoms with Crippen molar-refractivity contribution in [2.45, 2.75) is 77.2 Å². The van der Waals surface area contributed by atoms with Gasteiger partial charge in [0.25, 0.3) is 0 Å². The van der Waals surface area contributed by atoms with Crippen molar-refractivity contribution in [3.8, 4) is 0 Å². The normalized spacial score (nSPS) is 23.0. The first-order valence-corrected chi connectivity index (χ1v) is 12.0. The average molecular weight is 448 g/mol. The number of carbonyl (C=O) groups is 1. The van der Waals surface area contributed by atoms with Crippen LogP contribution in [0.5, 0.6) is 0 Å². The summed E-state index contributed by atoms with van der Waals surface area (Å²) < 4.78 is 21.9. The molecule has 0 saturated carbocycles. The number of nitrogens with one attached hydrogen (secondary N) is 1. The molecule has 1 fully saturated rings. The molecule has 1 aliphatic carbocycles. The molecule has 9 heteroatoms. The number of fused-ring (bicyclic) bond motifs is 1. The van der Waals surface area contributed by atoms with Crippen molar-refractivity contribution in [1.82, 2.24) is 14.6 Å². The predicted octanol–water partition coefficient (Wildman–Crippen LogP) is 4.46. The van der Waals surface area contributed by atoms with Crippen molar-refractivity contribution in [2.24, 2.45) is 5.41 Å². The van der Waals surface area contributed by atoms with E-state index in [0.29, 0.717) is 17.6 Å². The Morgan fingerprint density at radius 2 is 1.89 bits per heavy atom. The molecule has 28 heavy (non-hydrogen) atoms. The molecule has 0 unspecified atom stereocenters. The summed E-state index contributed by atoms with van der Waals surface area (Å²) in [7, 11) is -1.22. The summed E-state index contributed by atoms with van der Waals surface area (Å²) in [4.78, 5) is 19.9. The van der Waals surface area contributed by atoms with E-state index in [1.54, 1.807) is 4.90 Å². The number of aromatic nitrogens is 1. The predicted molar refractivity (Wildman–Crippen MR) is 114 cm³/mol. The van der Waals surface area contributed by atoms with E-state index in [2.05, 4.69) is 9.71 Å². The molecule has 0 aromatic carbocycles. The summed E-state index contributed by atoms with van der Waals surface area (Å²) >= 11 is 7.67. The number of hydrogen-bond donors (Lipinski definition) is 1. The molecule has 1 N–H and O–H groups in total. The summed E-state index contributed by atoms with van der Waals surface area (Å²) in [5.41, 5.74) is 0.328. The van der Waals surface area contributed by atoms with Gasteiger partial charge in [-0.3, -0.25) is 0 Å². The van der Waals surface area contributed by atoms with Crippen LogP contribution in [0.15, 0.2) is 0 Å². The lowest BCUT2D eigenvalue weighted by atomic mass is 9.74. The zero-order valence-electron chi connectivity index (χ0n) is 17.4. The highest BCUT2D eigenvalue weighted by atomic mass is 35.5. The van der Waals surface area contributed by atoms with Crippen molar-refractivity contribution in [3.05, 3.63) is 15.0 Å². The molecule has 1 aromatic heterocycles. The van der Waals surface area contributed by atoms with Gasteiger partial charge in [-0.15, -0.1) is 11.3 Å². The number of hydrogen-bond acceptors (Lipinski definition) is 5. The van der Waals surface area contributed by atoms with E-state index >= 15 is 0 Å². The second kappa shape index (κ2) is 7.52. The van der Waals surface area contributed by atoms with E-state index in [1.807, 2.05) is 41.5 Å². The maximum absolute atomic E-state index is 12.9. The van der Waals surface area contributed by atoms with E-state index in [9.17, 15) is 9.00 Å². The Bertz CT molecular complexity index is 774. The van der Waals surface area contributed by atoms with Gasteiger partial charge in [-0.1, -0.05) is 11.6 Å². The highest BCUT2D eigenvalue weighted by Crippen LogP contribution is 2.54. The quantitative estimate of drug-likeness (QED) is 0.726. The molecule has 1 saturated heterocycles. The number of thiazole rings is 1. The number of nitrogens with zero attached hydrogens (tertiary/aromatic N) is 2. The van der Waals surface area contributed by atoms with Crippen LogP contribution in [-0.4, -0.2) is 43.6 Å². The zero-order chi connectivity index (χ0) is 20.9. The van der Waals surface area contributed by atoms with Crippen LogP contribution in [0.3, 0.4) is 0 Å². The number of likely N-dealkylation sites (tertiary alicyclic amines) is 1. The molecular weight excluding hydrogens is 418 g/mol. The topological polar surface area (TPSA) is 71.5 Å². The fourth-order valence-corrected chi connectivity index (χ4v) is 6.06. The van der Waals surface area contributed by atoms with Crippen molar-refractivity contribution in [1.29, 1.82) is 0 Å². The second-order valence-electron chi connectivity index (χ2n) is 9.71. The molecule has 1 aliphatic heterocycles. The van der Waals surface area contributed by atoms with E-state index in [4.69, 9.17) is 16.3 Å². The first kappa shape index (κ1) is 22.0. The van der Waals surface area contributed by atoms with Gasteiger partial charge in [0.1, 0.15) is 5.60 Å². The van der Waals surface area contributed by atoms with E-state index < -0.39 is 16.6 Å². The van der Waals surface area contributed by atoms with Gasteiger partial charge < -0.3 is 9.64 Å². The Labute approximate surface area is 179 Å². The number of amides is 1. The third kappa shape index (κ3) is 4.55. The number of piperidine rings is 1. The molecule has 2 heterocycles. The molecule has 2 aliphatic rings. The summed E-state index contributed by atoms with van der Waals surface area (Å²) in [6, 6.07) is -0.118. The number of carbonyl (C=O) groups excluding carboxylic acids is 1. The summed E-state index contributed by atoms with van der Waals surface area (Å²) in [5, 5.41) is 0. The molecule has 1 aromatic rings. The zero-order valence-corrected chi connectivity index (χ0v) is 19.8.